The summed E-state index contributed by atoms with van der Waals surface area (Å²) in [5.41, 5.74) is 1.06. The van der Waals surface area contributed by atoms with Crippen LogP contribution >= 0.6 is 0 Å². The second-order valence-electron chi connectivity index (χ2n) is 6.44. The van der Waals surface area contributed by atoms with Crippen molar-refractivity contribution in [2.45, 2.75) is 39.8 Å². The third-order valence-corrected chi connectivity index (χ3v) is 3.88. The van der Waals surface area contributed by atoms with Crippen molar-refractivity contribution in [3.63, 3.8) is 0 Å². The first-order chi connectivity index (χ1) is 13.9. The van der Waals surface area contributed by atoms with Gasteiger partial charge in [0.05, 0.1) is 31.0 Å². The fourth-order valence-electron chi connectivity index (χ4n) is 2.69. The van der Waals surface area contributed by atoms with Gasteiger partial charge in [-0.2, -0.15) is 5.26 Å². The number of nitrogens with zero attached hydrogens (tertiary/aromatic N) is 1. The number of nitrogens with one attached hydrogen (secondary N) is 1. The minimum atomic E-state index is -1.13. The van der Waals surface area contributed by atoms with Crippen molar-refractivity contribution < 1.29 is 23.4 Å². The quantitative estimate of drug-likeness (QED) is 0.620. The molecule has 0 aliphatic heterocycles. The van der Waals surface area contributed by atoms with Gasteiger partial charge in [0.1, 0.15) is 5.75 Å². The zero-order chi connectivity index (χ0) is 21.4. The molecule has 7 heteroatoms. The molecule has 2 aromatic rings. The fraction of sp³-hybridized carbons (Fsp3) is 0.364. The molecule has 1 unspecified atom stereocenters. The van der Waals surface area contributed by atoms with Crippen LogP contribution in [0.3, 0.4) is 0 Å². The molecular formula is C22H25FN2O4. The largest absolute Gasteiger partial charge is 0.494 e. The number of benzene rings is 2. The fourth-order valence-corrected chi connectivity index (χ4v) is 2.69. The molecule has 0 bridgehead atoms. The highest BCUT2D eigenvalue weighted by Gasteiger charge is 2.29. The third-order valence-electron chi connectivity index (χ3n) is 3.88. The second-order valence-corrected chi connectivity index (χ2v) is 6.44. The monoisotopic (exact) mass is 400 g/mol. The van der Waals surface area contributed by atoms with Gasteiger partial charge in [-0.25, -0.2) is 9.18 Å². The van der Waals surface area contributed by atoms with Gasteiger partial charge in [-0.15, -0.1) is 0 Å². The van der Waals surface area contributed by atoms with Crippen LogP contribution < -0.4 is 14.8 Å². The number of nitriles is 1. The van der Waals surface area contributed by atoms with Crippen LogP contribution in [-0.4, -0.2) is 25.3 Å². The molecule has 2 aromatic carbocycles. The number of ether oxygens (including phenoxy) is 3. The molecule has 0 aliphatic carbocycles. The maximum absolute atomic E-state index is 15.2. The van der Waals surface area contributed by atoms with Gasteiger partial charge in [0.15, 0.2) is 17.6 Å². The van der Waals surface area contributed by atoms with E-state index >= 15 is 4.39 Å². The number of hydrogen-bond donors (Lipinski definition) is 1. The SMILES string of the molecule is CCOc1cc(OCC)c(F)c(C(Nc2ccc(C#N)cc2)C(=O)OC(C)C)c1. The van der Waals surface area contributed by atoms with E-state index in [2.05, 4.69) is 5.32 Å². The summed E-state index contributed by atoms with van der Waals surface area (Å²) in [5, 5.41) is 11.9. The van der Waals surface area contributed by atoms with Crippen molar-refractivity contribution in [1.29, 1.82) is 5.26 Å². The Labute approximate surface area is 170 Å². The topological polar surface area (TPSA) is 80.6 Å². The predicted octanol–water partition coefficient (Wildman–Crippen LogP) is 4.60. The normalized spacial score (nSPS) is 11.5. The Balaban J connectivity index is 2.51. The number of anilines is 1. The van der Waals surface area contributed by atoms with E-state index in [1.165, 1.54) is 12.1 Å². The van der Waals surface area contributed by atoms with Crippen molar-refractivity contribution in [3.05, 3.63) is 53.3 Å². The summed E-state index contributed by atoms with van der Waals surface area (Å²) in [6.07, 6.45) is -0.378. The summed E-state index contributed by atoms with van der Waals surface area (Å²) in [5.74, 6) is -0.921. The number of carbonyl (C=O) groups is 1. The molecular weight excluding hydrogens is 375 g/mol. The minimum Gasteiger partial charge on any atom is -0.494 e. The Hall–Kier alpha value is -3.27. The van der Waals surface area contributed by atoms with E-state index in [4.69, 9.17) is 19.5 Å². The maximum atomic E-state index is 15.2. The van der Waals surface area contributed by atoms with Gasteiger partial charge in [-0.3, -0.25) is 0 Å². The van der Waals surface area contributed by atoms with E-state index in [0.717, 1.165) is 0 Å². The molecule has 0 fully saturated rings. The Morgan fingerprint density at radius 3 is 2.34 bits per heavy atom. The number of esters is 1. The second kappa shape index (κ2) is 10.3. The predicted molar refractivity (Wildman–Crippen MR) is 107 cm³/mol. The van der Waals surface area contributed by atoms with Crippen LogP contribution in [0, 0.1) is 17.1 Å². The average Bonchev–Trinajstić information content (AvgIpc) is 2.69. The van der Waals surface area contributed by atoms with Gasteiger partial charge in [0.2, 0.25) is 0 Å². The first-order valence-electron chi connectivity index (χ1n) is 9.45. The number of carbonyl (C=O) groups excluding carboxylic acids is 1. The van der Waals surface area contributed by atoms with E-state index in [0.29, 0.717) is 23.6 Å². The van der Waals surface area contributed by atoms with Crippen LogP contribution in [-0.2, 0) is 9.53 Å². The molecule has 2 rings (SSSR count). The lowest BCUT2D eigenvalue weighted by Gasteiger charge is -2.22. The first kappa shape index (κ1) is 22.0. The Bertz CT molecular complexity index is 876. The number of rotatable bonds is 9. The van der Waals surface area contributed by atoms with Crippen LogP contribution in [0.5, 0.6) is 11.5 Å². The summed E-state index contributed by atoms with van der Waals surface area (Å²) >= 11 is 0. The lowest BCUT2D eigenvalue weighted by Crippen LogP contribution is -2.27. The van der Waals surface area contributed by atoms with Gasteiger partial charge in [0.25, 0.3) is 0 Å². The Morgan fingerprint density at radius 2 is 1.79 bits per heavy atom. The van der Waals surface area contributed by atoms with Crippen molar-refractivity contribution >= 4 is 11.7 Å². The molecule has 154 valence electrons. The van der Waals surface area contributed by atoms with Crippen LogP contribution in [0.25, 0.3) is 0 Å². The highest BCUT2D eigenvalue weighted by atomic mass is 19.1. The molecule has 1 atom stereocenters. The molecule has 29 heavy (non-hydrogen) atoms. The van der Waals surface area contributed by atoms with Gasteiger partial charge in [-0.1, -0.05) is 0 Å². The van der Waals surface area contributed by atoms with E-state index in [9.17, 15) is 4.79 Å². The number of halogens is 1. The average molecular weight is 400 g/mol. The molecule has 6 nitrogen and oxygen atoms in total. The van der Waals surface area contributed by atoms with E-state index < -0.39 is 17.8 Å². The van der Waals surface area contributed by atoms with Crippen LogP contribution in [0.15, 0.2) is 36.4 Å². The Kier molecular flexibility index (Phi) is 7.84. The smallest absolute Gasteiger partial charge is 0.333 e. The third kappa shape index (κ3) is 5.85. The lowest BCUT2D eigenvalue weighted by atomic mass is 10.0. The first-order valence-corrected chi connectivity index (χ1v) is 9.45. The van der Waals surface area contributed by atoms with Crippen molar-refractivity contribution in [2.75, 3.05) is 18.5 Å². The molecule has 0 aromatic heterocycles. The molecule has 0 saturated heterocycles. The highest BCUT2D eigenvalue weighted by Crippen LogP contribution is 2.33. The standard InChI is InChI=1S/C22H25FN2O4/c1-5-27-17-11-18(20(23)19(12-17)28-6-2)21(22(26)29-14(3)4)25-16-9-7-15(13-24)8-10-16/h7-12,14,21,25H,5-6H2,1-4H3. The molecule has 0 saturated carbocycles. The molecule has 1 N–H and O–H groups in total. The molecule has 0 spiro atoms. The van der Waals surface area contributed by atoms with Crippen LogP contribution in [0.4, 0.5) is 10.1 Å². The Morgan fingerprint density at radius 1 is 1.14 bits per heavy atom. The van der Waals surface area contributed by atoms with Crippen molar-refractivity contribution in [1.82, 2.24) is 0 Å². The van der Waals surface area contributed by atoms with Crippen molar-refractivity contribution in [3.8, 4) is 17.6 Å². The van der Waals surface area contributed by atoms with Crippen LogP contribution in [0.2, 0.25) is 0 Å². The van der Waals surface area contributed by atoms with E-state index in [1.807, 2.05) is 13.0 Å². The lowest BCUT2D eigenvalue weighted by molar-refractivity contribution is -0.148. The summed E-state index contributed by atoms with van der Waals surface area (Å²) in [6, 6.07) is 10.3. The molecule has 0 heterocycles. The van der Waals surface area contributed by atoms with Crippen molar-refractivity contribution in [2.24, 2.45) is 0 Å². The maximum Gasteiger partial charge on any atom is 0.333 e. The zero-order valence-electron chi connectivity index (χ0n) is 17.0. The molecule has 0 amide bonds. The summed E-state index contributed by atoms with van der Waals surface area (Å²) < 4.78 is 31.4. The molecule has 0 radical (unpaired) electrons. The molecule has 0 aliphatic rings. The summed E-state index contributed by atoms with van der Waals surface area (Å²) in [6.45, 7) is 7.62. The van der Waals surface area contributed by atoms with Gasteiger partial charge >= 0.3 is 5.97 Å². The summed E-state index contributed by atoms with van der Waals surface area (Å²) in [4.78, 5) is 12.8. The minimum absolute atomic E-state index is 0.00238. The number of hydrogen-bond acceptors (Lipinski definition) is 6. The van der Waals surface area contributed by atoms with Crippen LogP contribution in [0.1, 0.15) is 44.9 Å². The van der Waals surface area contributed by atoms with Gasteiger partial charge in [-0.05, 0) is 58.0 Å². The van der Waals surface area contributed by atoms with E-state index in [-0.39, 0.29) is 24.0 Å². The summed E-state index contributed by atoms with van der Waals surface area (Å²) in [7, 11) is 0. The zero-order valence-corrected chi connectivity index (χ0v) is 17.0. The van der Waals surface area contributed by atoms with Gasteiger partial charge in [0, 0.05) is 17.3 Å². The highest BCUT2D eigenvalue weighted by molar-refractivity contribution is 5.82. The van der Waals surface area contributed by atoms with Gasteiger partial charge < -0.3 is 19.5 Å². The van der Waals surface area contributed by atoms with E-state index in [1.54, 1.807) is 45.0 Å².